The maximum Gasteiger partial charge on any atom is 0.327 e. The molecule has 1 atom stereocenters. The molecular weight excluding hydrogens is 270 g/mol. The van der Waals surface area contributed by atoms with Crippen molar-refractivity contribution in [3.63, 3.8) is 0 Å². The molecule has 1 aromatic carbocycles. The summed E-state index contributed by atoms with van der Waals surface area (Å²) in [5.74, 6) is -0.673. The third-order valence-corrected chi connectivity index (χ3v) is 3.04. The van der Waals surface area contributed by atoms with Crippen molar-refractivity contribution in [2.75, 3.05) is 11.9 Å². The fourth-order valence-electron chi connectivity index (χ4n) is 1.90. The van der Waals surface area contributed by atoms with Crippen LogP contribution >= 0.6 is 11.6 Å². The molecule has 1 amide bonds. The third kappa shape index (κ3) is 3.29. The van der Waals surface area contributed by atoms with E-state index in [0.717, 1.165) is 6.42 Å². The minimum absolute atomic E-state index is 0.344. The second-order valence-corrected chi connectivity index (χ2v) is 4.60. The van der Waals surface area contributed by atoms with Gasteiger partial charge < -0.3 is 5.32 Å². The van der Waals surface area contributed by atoms with E-state index >= 15 is 0 Å². The summed E-state index contributed by atoms with van der Waals surface area (Å²) < 4.78 is 0. The monoisotopic (exact) mass is 281 g/mol. The van der Waals surface area contributed by atoms with Crippen molar-refractivity contribution >= 4 is 28.9 Å². The Balaban J connectivity index is 2.12. The van der Waals surface area contributed by atoms with E-state index in [2.05, 4.69) is 10.3 Å². The van der Waals surface area contributed by atoms with Crippen molar-refractivity contribution in [3.05, 3.63) is 39.4 Å². The predicted octanol–water partition coefficient (Wildman–Crippen LogP) is 2.16. The third-order valence-electron chi connectivity index (χ3n) is 2.79. The quantitative estimate of drug-likeness (QED) is 0.678. The molecule has 6 nitrogen and oxygen atoms in total. The largest absolute Gasteiger partial charge is 0.327 e. The maximum absolute atomic E-state index is 12.0. The van der Waals surface area contributed by atoms with Crippen LogP contribution in [0.5, 0.6) is 0 Å². The molecule has 0 unspecified atom stereocenters. The van der Waals surface area contributed by atoms with Gasteiger partial charge in [0, 0.05) is 22.2 Å². The van der Waals surface area contributed by atoms with Crippen LogP contribution in [0.3, 0.4) is 0 Å². The lowest BCUT2D eigenvalue weighted by Crippen LogP contribution is -2.40. The van der Waals surface area contributed by atoms with Crippen LogP contribution in [0.4, 0.5) is 5.69 Å². The molecule has 1 heterocycles. The Morgan fingerprint density at radius 3 is 2.63 bits per heavy atom. The van der Waals surface area contributed by atoms with Crippen molar-refractivity contribution in [1.82, 2.24) is 0 Å². The lowest BCUT2D eigenvalue weighted by molar-refractivity contribution is -0.488. The van der Waals surface area contributed by atoms with E-state index in [1.165, 1.54) is 0 Å². The van der Waals surface area contributed by atoms with E-state index in [1.807, 2.05) is 0 Å². The van der Waals surface area contributed by atoms with Crippen molar-refractivity contribution in [1.29, 1.82) is 0 Å². The lowest BCUT2D eigenvalue weighted by atomic mass is 10.1. The van der Waals surface area contributed by atoms with Crippen LogP contribution in [0.15, 0.2) is 29.3 Å². The number of nitrogens with zero attached hydrogens (tertiary/aromatic N) is 2. The number of rotatable bonds is 4. The van der Waals surface area contributed by atoms with Crippen LogP contribution in [0.25, 0.3) is 0 Å². The molecule has 0 saturated carbocycles. The first-order valence-electron chi connectivity index (χ1n) is 5.81. The van der Waals surface area contributed by atoms with Gasteiger partial charge in [0.1, 0.15) is 0 Å². The number of carbonyl (C=O) groups is 1. The van der Waals surface area contributed by atoms with E-state index in [-0.39, 0.29) is 0 Å². The van der Waals surface area contributed by atoms with E-state index in [1.54, 1.807) is 24.3 Å². The highest BCUT2D eigenvalue weighted by molar-refractivity contribution is 6.30. The standard InChI is InChI=1S/C12H12ClN3O3/c13-8-3-5-9(6-4-8)15-12(17)11(16(18)19)10-2-1-7-14-10/h3-6,11H,1-2,7H2,(H,15,17)/t11-/m1/s1. The molecule has 0 aromatic heterocycles. The normalized spacial score (nSPS) is 15.7. The topological polar surface area (TPSA) is 84.6 Å². The van der Waals surface area contributed by atoms with E-state index in [9.17, 15) is 14.9 Å². The summed E-state index contributed by atoms with van der Waals surface area (Å²) >= 11 is 5.72. The van der Waals surface area contributed by atoms with Gasteiger partial charge in [-0.15, -0.1) is 0 Å². The Morgan fingerprint density at radius 2 is 2.11 bits per heavy atom. The minimum Gasteiger partial charge on any atom is -0.320 e. The average molecular weight is 282 g/mol. The number of nitrogens with one attached hydrogen (secondary N) is 1. The zero-order valence-electron chi connectivity index (χ0n) is 10.0. The van der Waals surface area contributed by atoms with Crippen LogP contribution in [0.2, 0.25) is 5.02 Å². The van der Waals surface area contributed by atoms with Crippen LogP contribution in [0, 0.1) is 10.1 Å². The van der Waals surface area contributed by atoms with Gasteiger partial charge in [-0.1, -0.05) is 11.6 Å². The number of hydrogen-bond acceptors (Lipinski definition) is 4. The van der Waals surface area contributed by atoms with Crippen LogP contribution in [-0.4, -0.2) is 29.1 Å². The second-order valence-electron chi connectivity index (χ2n) is 4.16. The van der Waals surface area contributed by atoms with Gasteiger partial charge in [-0.3, -0.25) is 19.9 Å². The van der Waals surface area contributed by atoms with Gasteiger partial charge in [-0.2, -0.15) is 0 Å². The van der Waals surface area contributed by atoms with Crippen LogP contribution < -0.4 is 5.32 Å². The number of halogens is 1. The second kappa shape index (κ2) is 5.79. The molecule has 0 aliphatic carbocycles. The zero-order chi connectivity index (χ0) is 13.8. The SMILES string of the molecule is O=C(Nc1ccc(Cl)cc1)[C@@H](C1=NCCC1)[N+](=O)[O-]. The molecule has 2 rings (SSSR count). The summed E-state index contributed by atoms with van der Waals surface area (Å²) in [4.78, 5) is 26.4. The Hall–Kier alpha value is -1.95. The fourth-order valence-corrected chi connectivity index (χ4v) is 2.02. The predicted molar refractivity (Wildman–Crippen MR) is 72.4 cm³/mol. The van der Waals surface area contributed by atoms with Crippen molar-refractivity contribution < 1.29 is 9.72 Å². The molecule has 1 aromatic rings. The van der Waals surface area contributed by atoms with Gasteiger partial charge >= 0.3 is 11.9 Å². The molecule has 0 bridgehead atoms. The van der Waals surface area contributed by atoms with Crippen LogP contribution in [-0.2, 0) is 4.79 Å². The molecule has 0 fully saturated rings. The summed E-state index contributed by atoms with van der Waals surface area (Å²) in [7, 11) is 0. The summed E-state index contributed by atoms with van der Waals surface area (Å²) in [5.41, 5.74) is 0.816. The summed E-state index contributed by atoms with van der Waals surface area (Å²) in [5, 5.41) is 14.1. The van der Waals surface area contributed by atoms with Crippen LogP contribution in [0.1, 0.15) is 12.8 Å². The Bertz CT molecular complexity index is 528. The van der Waals surface area contributed by atoms with Crippen molar-refractivity contribution in [3.8, 4) is 0 Å². The van der Waals surface area contributed by atoms with Gasteiger partial charge in [0.2, 0.25) is 0 Å². The van der Waals surface area contributed by atoms with E-state index < -0.39 is 16.9 Å². The highest BCUT2D eigenvalue weighted by Gasteiger charge is 2.36. The van der Waals surface area contributed by atoms with E-state index in [0.29, 0.717) is 29.4 Å². The fraction of sp³-hybridized carbons (Fsp3) is 0.333. The Kier molecular flexibility index (Phi) is 4.11. The summed E-state index contributed by atoms with van der Waals surface area (Å²) in [6, 6.07) is 4.98. The molecule has 19 heavy (non-hydrogen) atoms. The number of amides is 1. The van der Waals surface area contributed by atoms with Crippen molar-refractivity contribution in [2.24, 2.45) is 4.99 Å². The number of carbonyl (C=O) groups excluding carboxylic acids is 1. The van der Waals surface area contributed by atoms with Gasteiger partial charge in [0.25, 0.3) is 0 Å². The molecular formula is C12H12ClN3O3. The summed E-state index contributed by atoms with van der Waals surface area (Å²) in [6.45, 7) is 0.550. The van der Waals surface area contributed by atoms with Gasteiger partial charge in [0.15, 0.2) is 0 Å². The molecule has 0 radical (unpaired) electrons. The molecule has 7 heteroatoms. The molecule has 1 N–H and O–H groups in total. The maximum atomic E-state index is 12.0. The lowest BCUT2D eigenvalue weighted by Gasteiger charge is -2.10. The molecule has 1 aliphatic rings. The summed E-state index contributed by atoms with van der Waals surface area (Å²) in [6.07, 6.45) is 1.26. The number of benzene rings is 1. The molecule has 0 saturated heterocycles. The van der Waals surface area contributed by atoms with Gasteiger partial charge in [-0.25, -0.2) is 0 Å². The molecule has 0 spiro atoms. The molecule has 1 aliphatic heterocycles. The molecule has 100 valence electrons. The number of anilines is 1. The zero-order valence-corrected chi connectivity index (χ0v) is 10.8. The first kappa shape index (κ1) is 13.5. The first-order valence-corrected chi connectivity index (χ1v) is 6.19. The Labute approximate surface area is 114 Å². The smallest absolute Gasteiger partial charge is 0.320 e. The van der Waals surface area contributed by atoms with Gasteiger partial charge in [0.05, 0.1) is 5.71 Å². The van der Waals surface area contributed by atoms with Gasteiger partial charge in [-0.05, 0) is 37.1 Å². The Morgan fingerprint density at radius 1 is 1.42 bits per heavy atom. The minimum atomic E-state index is -1.40. The highest BCUT2D eigenvalue weighted by Crippen LogP contribution is 2.15. The van der Waals surface area contributed by atoms with Crippen molar-refractivity contribution in [2.45, 2.75) is 18.9 Å². The number of nitro groups is 1. The number of aliphatic imine (C=N–C) groups is 1. The first-order chi connectivity index (χ1) is 9.08. The number of hydrogen-bond donors (Lipinski definition) is 1. The highest BCUT2D eigenvalue weighted by atomic mass is 35.5. The van der Waals surface area contributed by atoms with E-state index in [4.69, 9.17) is 11.6 Å². The average Bonchev–Trinajstić information content (AvgIpc) is 2.85.